The van der Waals surface area contributed by atoms with E-state index in [0.717, 1.165) is 38.5 Å². The van der Waals surface area contributed by atoms with E-state index in [0.29, 0.717) is 5.88 Å². The molecule has 1 aromatic rings. The summed E-state index contributed by atoms with van der Waals surface area (Å²) in [5.74, 6) is 0.650. The largest absolute Gasteiger partial charge is 0.481 e. The molecule has 5 heteroatoms. The zero-order valence-corrected chi connectivity index (χ0v) is 11.5. The van der Waals surface area contributed by atoms with Gasteiger partial charge in [-0.1, -0.05) is 6.07 Å². The van der Waals surface area contributed by atoms with Gasteiger partial charge in [0.05, 0.1) is 26.0 Å². The van der Waals surface area contributed by atoms with Crippen LogP contribution in [0.1, 0.15) is 5.69 Å². The molecule has 1 N–H and O–H groups in total. The van der Waals surface area contributed by atoms with Gasteiger partial charge in [-0.3, -0.25) is 0 Å². The summed E-state index contributed by atoms with van der Waals surface area (Å²) in [7, 11) is 5.70. The number of ether oxygens (including phenoxy) is 2. The predicted molar refractivity (Wildman–Crippen MR) is 71.9 cm³/mol. The van der Waals surface area contributed by atoms with Gasteiger partial charge in [0.15, 0.2) is 0 Å². The molecule has 0 bridgehead atoms. The smallest absolute Gasteiger partial charge is 0.213 e. The van der Waals surface area contributed by atoms with Crippen LogP contribution in [0.2, 0.25) is 0 Å². The first-order valence-corrected chi connectivity index (χ1v) is 6.15. The van der Waals surface area contributed by atoms with Crippen molar-refractivity contribution in [3.05, 3.63) is 23.9 Å². The lowest BCUT2D eigenvalue weighted by molar-refractivity contribution is 0.119. The fourth-order valence-corrected chi connectivity index (χ4v) is 1.38. The standard InChI is InChI=1S/C13H23N3O2/c1-16(2)8-10-18-9-7-14-11-12-5-4-6-13(15-12)17-3/h4-6,14H,7-11H2,1-3H3. The van der Waals surface area contributed by atoms with Crippen molar-refractivity contribution in [3.8, 4) is 5.88 Å². The van der Waals surface area contributed by atoms with Gasteiger partial charge in [-0.15, -0.1) is 0 Å². The van der Waals surface area contributed by atoms with Crippen molar-refractivity contribution in [2.75, 3.05) is 47.5 Å². The number of nitrogens with zero attached hydrogens (tertiary/aromatic N) is 2. The molecule has 0 aliphatic carbocycles. The molecule has 0 spiro atoms. The Balaban J connectivity index is 2.06. The maximum atomic E-state index is 5.48. The summed E-state index contributed by atoms with van der Waals surface area (Å²) in [6.45, 7) is 4.00. The van der Waals surface area contributed by atoms with Gasteiger partial charge in [-0.2, -0.15) is 0 Å². The molecule has 18 heavy (non-hydrogen) atoms. The van der Waals surface area contributed by atoms with Crippen molar-refractivity contribution in [1.29, 1.82) is 0 Å². The molecule has 0 radical (unpaired) electrons. The summed E-state index contributed by atoms with van der Waals surface area (Å²) < 4.78 is 10.5. The molecule has 1 aromatic heterocycles. The van der Waals surface area contributed by atoms with Gasteiger partial charge in [0.2, 0.25) is 5.88 Å². The highest BCUT2D eigenvalue weighted by atomic mass is 16.5. The zero-order valence-electron chi connectivity index (χ0n) is 11.5. The van der Waals surface area contributed by atoms with E-state index in [1.165, 1.54) is 0 Å². The number of rotatable bonds is 9. The molecule has 0 aliphatic rings. The average Bonchev–Trinajstić information content (AvgIpc) is 2.37. The van der Waals surface area contributed by atoms with Crippen LogP contribution in [0.4, 0.5) is 0 Å². The van der Waals surface area contributed by atoms with Crippen LogP contribution in [0, 0.1) is 0 Å². The van der Waals surface area contributed by atoms with Crippen molar-refractivity contribution in [3.63, 3.8) is 0 Å². The number of nitrogens with one attached hydrogen (secondary N) is 1. The summed E-state index contributed by atoms with van der Waals surface area (Å²) in [5.41, 5.74) is 0.975. The molecular weight excluding hydrogens is 230 g/mol. The van der Waals surface area contributed by atoms with E-state index in [1.54, 1.807) is 7.11 Å². The third-order valence-corrected chi connectivity index (χ3v) is 2.40. The van der Waals surface area contributed by atoms with Crippen molar-refractivity contribution < 1.29 is 9.47 Å². The van der Waals surface area contributed by atoms with Crippen LogP contribution in [0.5, 0.6) is 5.88 Å². The van der Waals surface area contributed by atoms with Crippen molar-refractivity contribution in [2.45, 2.75) is 6.54 Å². The van der Waals surface area contributed by atoms with Crippen molar-refractivity contribution in [2.24, 2.45) is 0 Å². The summed E-state index contributed by atoms with van der Waals surface area (Å²) in [6, 6.07) is 5.76. The van der Waals surface area contributed by atoms with E-state index in [2.05, 4.69) is 15.2 Å². The Morgan fingerprint density at radius 3 is 2.83 bits per heavy atom. The van der Waals surface area contributed by atoms with E-state index in [1.807, 2.05) is 32.3 Å². The van der Waals surface area contributed by atoms with Gasteiger partial charge in [-0.25, -0.2) is 4.98 Å². The maximum absolute atomic E-state index is 5.48. The van der Waals surface area contributed by atoms with Gasteiger partial charge in [0, 0.05) is 25.7 Å². The lowest BCUT2D eigenvalue weighted by Gasteiger charge is -2.10. The van der Waals surface area contributed by atoms with Gasteiger partial charge in [0.25, 0.3) is 0 Å². The van der Waals surface area contributed by atoms with E-state index in [9.17, 15) is 0 Å². The number of hydrogen-bond acceptors (Lipinski definition) is 5. The minimum atomic E-state index is 0.650. The normalized spacial score (nSPS) is 10.9. The van der Waals surface area contributed by atoms with Crippen molar-refractivity contribution in [1.82, 2.24) is 15.2 Å². The van der Waals surface area contributed by atoms with Crippen LogP contribution < -0.4 is 10.1 Å². The first-order chi connectivity index (χ1) is 8.72. The van der Waals surface area contributed by atoms with E-state index in [-0.39, 0.29) is 0 Å². The van der Waals surface area contributed by atoms with Gasteiger partial charge in [-0.05, 0) is 20.2 Å². The number of aromatic nitrogens is 1. The lowest BCUT2D eigenvalue weighted by Crippen LogP contribution is -2.23. The van der Waals surface area contributed by atoms with E-state index < -0.39 is 0 Å². The summed E-state index contributed by atoms with van der Waals surface area (Å²) in [4.78, 5) is 6.42. The van der Waals surface area contributed by atoms with Gasteiger partial charge < -0.3 is 19.7 Å². The SMILES string of the molecule is COc1cccc(CNCCOCCN(C)C)n1. The van der Waals surface area contributed by atoms with Crippen LogP contribution in [-0.4, -0.2) is 57.4 Å². The van der Waals surface area contributed by atoms with E-state index in [4.69, 9.17) is 9.47 Å². The fraction of sp³-hybridized carbons (Fsp3) is 0.615. The van der Waals surface area contributed by atoms with Crippen LogP contribution >= 0.6 is 0 Å². The Kier molecular flexibility index (Phi) is 7.32. The molecule has 1 rings (SSSR count). The quantitative estimate of drug-likeness (QED) is 0.658. The second kappa shape index (κ2) is 8.85. The summed E-state index contributed by atoms with van der Waals surface area (Å²) in [5, 5.41) is 3.28. The second-order valence-corrected chi connectivity index (χ2v) is 4.26. The summed E-state index contributed by atoms with van der Waals surface area (Å²) in [6.07, 6.45) is 0. The molecule has 0 saturated heterocycles. The Morgan fingerprint density at radius 2 is 2.11 bits per heavy atom. The van der Waals surface area contributed by atoms with Crippen molar-refractivity contribution >= 4 is 0 Å². The number of pyridine rings is 1. The Bertz CT molecular complexity index is 332. The molecule has 0 aromatic carbocycles. The van der Waals surface area contributed by atoms with Crippen LogP contribution in [0.15, 0.2) is 18.2 Å². The van der Waals surface area contributed by atoms with Gasteiger partial charge in [0.1, 0.15) is 0 Å². The molecule has 0 amide bonds. The first kappa shape index (κ1) is 14.9. The number of hydrogen-bond donors (Lipinski definition) is 1. The lowest BCUT2D eigenvalue weighted by atomic mass is 10.3. The molecule has 102 valence electrons. The minimum absolute atomic E-state index is 0.650. The van der Waals surface area contributed by atoms with Crippen LogP contribution in [0.3, 0.4) is 0 Å². The van der Waals surface area contributed by atoms with Gasteiger partial charge >= 0.3 is 0 Å². The second-order valence-electron chi connectivity index (χ2n) is 4.26. The third kappa shape index (κ3) is 6.54. The topological polar surface area (TPSA) is 46.6 Å². The predicted octanol–water partition coefficient (Wildman–Crippen LogP) is 0.758. The number of likely N-dealkylation sites (N-methyl/N-ethyl adjacent to an activating group) is 1. The van der Waals surface area contributed by atoms with E-state index >= 15 is 0 Å². The fourth-order valence-electron chi connectivity index (χ4n) is 1.38. The maximum Gasteiger partial charge on any atom is 0.213 e. The van der Waals surface area contributed by atoms with Crippen LogP contribution in [0.25, 0.3) is 0 Å². The molecule has 5 nitrogen and oxygen atoms in total. The highest BCUT2D eigenvalue weighted by Crippen LogP contribution is 2.05. The molecular formula is C13H23N3O2. The third-order valence-electron chi connectivity index (χ3n) is 2.40. The zero-order chi connectivity index (χ0) is 13.2. The average molecular weight is 253 g/mol. The Morgan fingerprint density at radius 1 is 1.28 bits per heavy atom. The summed E-state index contributed by atoms with van der Waals surface area (Å²) >= 11 is 0. The molecule has 0 unspecified atom stereocenters. The number of methoxy groups -OCH3 is 1. The Hall–Kier alpha value is -1.17. The molecule has 1 heterocycles. The minimum Gasteiger partial charge on any atom is -0.481 e. The monoisotopic (exact) mass is 253 g/mol. The van der Waals surface area contributed by atoms with Crippen LogP contribution in [-0.2, 0) is 11.3 Å². The highest BCUT2D eigenvalue weighted by Gasteiger charge is 1.97. The first-order valence-electron chi connectivity index (χ1n) is 6.15. The molecule has 0 saturated carbocycles. The highest BCUT2D eigenvalue weighted by molar-refractivity contribution is 5.15. The molecule has 0 aliphatic heterocycles. The Labute approximate surface area is 109 Å². The molecule has 0 fully saturated rings. The molecule has 0 atom stereocenters.